The Kier molecular flexibility index (Phi) is 7.00. The third-order valence-corrected chi connectivity index (χ3v) is 6.09. The molecule has 182 valence electrons. The van der Waals surface area contributed by atoms with Gasteiger partial charge in [-0.15, -0.1) is 0 Å². The van der Waals surface area contributed by atoms with Gasteiger partial charge in [0.05, 0.1) is 5.69 Å². The second kappa shape index (κ2) is 9.95. The first-order valence-corrected chi connectivity index (χ1v) is 12.0. The van der Waals surface area contributed by atoms with Crippen molar-refractivity contribution in [3.63, 3.8) is 0 Å². The minimum Gasteiger partial charge on any atom is -0.444 e. The summed E-state index contributed by atoms with van der Waals surface area (Å²) in [7, 11) is 0. The molecule has 1 N–H and O–H groups in total. The number of pyridine rings is 1. The largest absolute Gasteiger partial charge is 0.444 e. The van der Waals surface area contributed by atoms with Crippen molar-refractivity contribution in [2.75, 3.05) is 25.0 Å². The molecule has 0 spiro atoms. The predicted molar refractivity (Wildman–Crippen MR) is 129 cm³/mol. The Bertz CT molecular complexity index is 1040. The first-order chi connectivity index (χ1) is 16.2. The molecule has 0 aliphatic carbocycles. The highest BCUT2D eigenvalue weighted by molar-refractivity contribution is 5.86. The molecule has 1 fully saturated rings. The molecule has 2 aromatic heterocycles. The first kappa shape index (κ1) is 23.9. The van der Waals surface area contributed by atoms with Crippen molar-refractivity contribution >= 4 is 23.6 Å². The molecule has 9 heteroatoms. The van der Waals surface area contributed by atoms with Crippen LogP contribution in [0.3, 0.4) is 0 Å². The maximum absolute atomic E-state index is 13.6. The fourth-order valence-corrected chi connectivity index (χ4v) is 4.54. The molecule has 2 aromatic rings. The fourth-order valence-electron chi connectivity index (χ4n) is 4.54. The Morgan fingerprint density at radius 3 is 2.62 bits per heavy atom. The average molecular weight is 467 g/mol. The first-order valence-electron chi connectivity index (χ1n) is 12.0. The number of anilines is 2. The Morgan fingerprint density at radius 1 is 1.09 bits per heavy atom. The lowest BCUT2D eigenvalue weighted by molar-refractivity contribution is -0.138. The number of nitrogens with zero attached hydrogens (tertiary/aromatic N) is 5. The number of rotatable bonds is 3. The molecular weight excluding hydrogens is 432 g/mol. The molecule has 9 nitrogen and oxygen atoms in total. The van der Waals surface area contributed by atoms with E-state index in [9.17, 15) is 9.59 Å². The van der Waals surface area contributed by atoms with Gasteiger partial charge in [-0.25, -0.2) is 19.7 Å². The number of carbonyl (C=O) groups excluding carboxylic acids is 2. The topological polar surface area (TPSA) is 101 Å². The maximum atomic E-state index is 13.6. The van der Waals surface area contributed by atoms with Gasteiger partial charge in [0.2, 0.25) is 5.91 Å². The van der Waals surface area contributed by atoms with Crippen LogP contribution in [0.5, 0.6) is 0 Å². The standard InChI is InChI=1S/C25H34N6O3/c1-17-27-19-12-16-30(15-11-18(19)22(28-17)29-21-10-5-7-13-26-21)23(32)20-9-6-8-14-31(20)24(33)34-25(2,3)4/h5,7,10,13,20H,6,8-9,11-12,14-16H2,1-4H3,(H,26,27,28,29)/t20-/m0/s1. The number of aromatic nitrogens is 3. The summed E-state index contributed by atoms with van der Waals surface area (Å²) in [6.45, 7) is 9.06. The van der Waals surface area contributed by atoms with E-state index in [0.29, 0.717) is 44.7 Å². The third-order valence-electron chi connectivity index (χ3n) is 6.09. The van der Waals surface area contributed by atoms with Gasteiger partial charge in [-0.3, -0.25) is 9.69 Å². The molecule has 0 saturated carbocycles. The molecule has 2 amide bonds. The number of amides is 2. The van der Waals surface area contributed by atoms with Crippen LogP contribution < -0.4 is 5.32 Å². The molecule has 0 aromatic carbocycles. The number of ether oxygens (including phenoxy) is 1. The van der Waals surface area contributed by atoms with Crippen molar-refractivity contribution in [1.82, 2.24) is 24.8 Å². The summed E-state index contributed by atoms with van der Waals surface area (Å²) >= 11 is 0. The number of aryl methyl sites for hydroxylation is 1. The summed E-state index contributed by atoms with van der Waals surface area (Å²) in [6, 6.07) is 5.20. The van der Waals surface area contributed by atoms with Crippen molar-refractivity contribution in [1.29, 1.82) is 0 Å². The lowest BCUT2D eigenvalue weighted by Gasteiger charge is -2.38. The summed E-state index contributed by atoms with van der Waals surface area (Å²) in [5.41, 5.74) is 1.37. The van der Waals surface area contributed by atoms with E-state index < -0.39 is 17.7 Å². The molecule has 4 rings (SSSR count). The van der Waals surface area contributed by atoms with Crippen LogP contribution in [-0.4, -0.2) is 68.0 Å². The summed E-state index contributed by atoms with van der Waals surface area (Å²) in [5.74, 6) is 2.13. The fraction of sp³-hybridized carbons (Fsp3) is 0.560. The van der Waals surface area contributed by atoms with Crippen molar-refractivity contribution in [3.8, 4) is 0 Å². The number of hydrogen-bond donors (Lipinski definition) is 1. The predicted octanol–water partition coefficient (Wildman–Crippen LogP) is 3.64. The molecule has 2 aliphatic rings. The number of nitrogens with one attached hydrogen (secondary N) is 1. The molecule has 0 radical (unpaired) electrons. The number of carbonyl (C=O) groups is 2. The van der Waals surface area contributed by atoms with Gasteiger partial charge < -0.3 is 15.0 Å². The second-order valence-corrected chi connectivity index (χ2v) is 9.90. The van der Waals surface area contributed by atoms with Crippen LogP contribution in [0, 0.1) is 6.92 Å². The quantitative estimate of drug-likeness (QED) is 0.737. The Hall–Kier alpha value is -3.23. The van der Waals surface area contributed by atoms with Gasteiger partial charge in [0.25, 0.3) is 0 Å². The zero-order chi connectivity index (χ0) is 24.3. The van der Waals surface area contributed by atoms with E-state index in [1.807, 2.05) is 50.8 Å². The maximum Gasteiger partial charge on any atom is 0.410 e. The van der Waals surface area contributed by atoms with Crippen molar-refractivity contribution in [3.05, 3.63) is 41.5 Å². The molecule has 1 saturated heterocycles. The van der Waals surface area contributed by atoms with E-state index in [2.05, 4.69) is 20.3 Å². The van der Waals surface area contributed by atoms with Crippen molar-refractivity contribution in [2.24, 2.45) is 0 Å². The summed E-state index contributed by atoms with van der Waals surface area (Å²) in [6.07, 6.45) is 5.06. The highest BCUT2D eigenvalue weighted by atomic mass is 16.6. The number of hydrogen-bond acceptors (Lipinski definition) is 7. The van der Waals surface area contributed by atoms with Crippen LogP contribution >= 0.6 is 0 Å². The van der Waals surface area contributed by atoms with Crippen LogP contribution in [0.1, 0.15) is 57.1 Å². The molecule has 4 heterocycles. The average Bonchev–Trinajstić information content (AvgIpc) is 3.01. The zero-order valence-electron chi connectivity index (χ0n) is 20.5. The van der Waals surface area contributed by atoms with Crippen LogP contribution in [0.2, 0.25) is 0 Å². The second-order valence-electron chi connectivity index (χ2n) is 9.90. The van der Waals surface area contributed by atoms with E-state index in [1.165, 1.54) is 0 Å². The van der Waals surface area contributed by atoms with Crippen molar-refractivity contribution in [2.45, 2.75) is 71.4 Å². The molecule has 34 heavy (non-hydrogen) atoms. The normalized spacial score (nSPS) is 18.6. The minimum absolute atomic E-state index is 0.0118. The highest BCUT2D eigenvalue weighted by Gasteiger charge is 2.37. The zero-order valence-corrected chi connectivity index (χ0v) is 20.5. The van der Waals surface area contributed by atoms with Gasteiger partial charge in [0.15, 0.2) is 0 Å². The molecule has 0 unspecified atom stereocenters. The lowest BCUT2D eigenvalue weighted by atomic mass is 10.0. The highest BCUT2D eigenvalue weighted by Crippen LogP contribution is 2.26. The monoisotopic (exact) mass is 466 g/mol. The van der Waals surface area contributed by atoms with E-state index in [-0.39, 0.29) is 5.91 Å². The lowest BCUT2D eigenvalue weighted by Crippen LogP contribution is -2.54. The smallest absolute Gasteiger partial charge is 0.410 e. The van der Waals surface area contributed by atoms with Gasteiger partial charge in [-0.2, -0.15) is 0 Å². The summed E-state index contributed by atoms with van der Waals surface area (Å²) in [5, 5.41) is 3.32. The van der Waals surface area contributed by atoms with E-state index >= 15 is 0 Å². The van der Waals surface area contributed by atoms with E-state index in [0.717, 1.165) is 35.7 Å². The molecule has 1 atom stereocenters. The van der Waals surface area contributed by atoms with Crippen LogP contribution in [0.25, 0.3) is 0 Å². The minimum atomic E-state index is -0.597. The summed E-state index contributed by atoms with van der Waals surface area (Å²) in [4.78, 5) is 43.5. The van der Waals surface area contributed by atoms with Crippen LogP contribution in [0.4, 0.5) is 16.4 Å². The Balaban J connectivity index is 1.50. The van der Waals surface area contributed by atoms with Crippen LogP contribution in [0.15, 0.2) is 24.4 Å². The Labute approximate surface area is 200 Å². The molecule has 2 aliphatic heterocycles. The summed E-state index contributed by atoms with van der Waals surface area (Å²) < 4.78 is 5.59. The van der Waals surface area contributed by atoms with Gasteiger partial charge in [-0.05, 0) is 65.5 Å². The van der Waals surface area contributed by atoms with Gasteiger partial charge in [0, 0.05) is 37.8 Å². The third kappa shape index (κ3) is 5.63. The van der Waals surface area contributed by atoms with Gasteiger partial charge >= 0.3 is 6.09 Å². The number of fused-ring (bicyclic) bond motifs is 1. The van der Waals surface area contributed by atoms with Gasteiger partial charge in [-0.1, -0.05) is 6.07 Å². The SMILES string of the molecule is Cc1nc2c(c(Nc3ccccn3)n1)CCN(C(=O)[C@@H]1CCCCN1C(=O)OC(C)(C)C)CC2. The van der Waals surface area contributed by atoms with Gasteiger partial charge in [0.1, 0.15) is 29.1 Å². The van der Waals surface area contributed by atoms with Crippen LogP contribution in [-0.2, 0) is 22.4 Å². The van der Waals surface area contributed by atoms with E-state index in [4.69, 9.17) is 4.74 Å². The number of piperidine rings is 1. The van der Waals surface area contributed by atoms with E-state index in [1.54, 1.807) is 11.1 Å². The van der Waals surface area contributed by atoms with Crippen molar-refractivity contribution < 1.29 is 14.3 Å². The Morgan fingerprint density at radius 2 is 1.88 bits per heavy atom. The molecular formula is C25H34N6O3. The molecule has 0 bridgehead atoms. The number of likely N-dealkylation sites (tertiary alicyclic amines) is 1.